The predicted molar refractivity (Wildman–Crippen MR) is 61.6 cm³/mol. The Labute approximate surface area is 94.3 Å². The standard InChI is InChI=1S/C11H15N5/c1-7-10(4-12)8(2)15-11(14-7)9-5-13-16(3)6-9/h5-6H,4,12H2,1-3H3. The molecule has 0 bridgehead atoms. The number of rotatable bonds is 2. The Morgan fingerprint density at radius 3 is 2.31 bits per heavy atom. The maximum absolute atomic E-state index is 5.65. The van der Waals surface area contributed by atoms with Gasteiger partial charge in [0.1, 0.15) is 0 Å². The van der Waals surface area contributed by atoms with Crippen LogP contribution in [0.2, 0.25) is 0 Å². The molecular weight excluding hydrogens is 202 g/mol. The third kappa shape index (κ3) is 1.81. The molecule has 0 aliphatic heterocycles. The lowest BCUT2D eigenvalue weighted by atomic mass is 10.1. The molecule has 0 unspecified atom stereocenters. The maximum atomic E-state index is 5.65. The molecule has 0 saturated carbocycles. The van der Waals surface area contributed by atoms with Crippen molar-refractivity contribution in [1.29, 1.82) is 0 Å². The van der Waals surface area contributed by atoms with Crippen molar-refractivity contribution in [3.05, 3.63) is 29.3 Å². The van der Waals surface area contributed by atoms with Crippen LogP contribution < -0.4 is 5.73 Å². The Morgan fingerprint density at radius 2 is 1.88 bits per heavy atom. The molecule has 0 aliphatic rings. The molecule has 2 heterocycles. The van der Waals surface area contributed by atoms with Crippen LogP contribution in [0.15, 0.2) is 12.4 Å². The number of nitrogens with zero attached hydrogens (tertiary/aromatic N) is 4. The van der Waals surface area contributed by atoms with Gasteiger partial charge in [-0.1, -0.05) is 0 Å². The molecular formula is C11H15N5. The van der Waals surface area contributed by atoms with E-state index in [1.807, 2.05) is 27.1 Å². The summed E-state index contributed by atoms with van der Waals surface area (Å²) in [7, 11) is 1.87. The molecule has 0 atom stereocenters. The first kappa shape index (κ1) is 10.8. The van der Waals surface area contributed by atoms with Crippen molar-refractivity contribution in [2.75, 3.05) is 0 Å². The summed E-state index contributed by atoms with van der Waals surface area (Å²) in [6.45, 7) is 4.39. The second-order valence-electron chi connectivity index (χ2n) is 3.80. The summed E-state index contributed by atoms with van der Waals surface area (Å²) < 4.78 is 1.74. The summed E-state index contributed by atoms with van der Waals surface area (Å²) in [6, 6.07) is 0. The summed E-state index contributed by atoms with van der Waals surface area (Å²) in [4.78, 5) is 8.89. The van der Waals surface area contributed by atoms with Crippen molar-refractivity contribution < 1.29 is 0 Å². The summed E-state index contributed by atoms with van der Waals surface area (Å²) in [5, 5.41) is 4.11. The highest BCUT2D eigenvalue weighted by molar-refractivity contribution is 5.53. The van der Waals surface area contributed by atoms with Crippen molar-refractivity contribution in [1.82, 2.24) is 19.7 Å². The second kappa shape index (κ2) is 4.02. The van der Waals surface area contributed by atoms with E-state index in [2.05, 4.69) is 15.1 Å². The molecule has 2 aromatic rings. The first-order valence-corrected chi connectivity index (χ1v) is 5.15. The lowest BCUT2D eigenvalue weighted by Gasteiger charge is -2.07. The fourth-order valence-corrected chi connectivity index (χ4v) is 1.70. The predicted octanol–water partition coefficient (Wildman–Crippen LogP) is 0.953. The maximum Gasteiger partial charge on any atom is 0.162 e. The molecule has 0 amide bonds. The normalized spacial score (nSPS) is 10.8. The Bertz CT molecular complexity index is 492. The number of nitrogens with two attached hydrogens (primary N) is 1. The molecule has 0 aromatic carbocycles. The van der Waals surface area contributed by atoms with Gasteiger partial charge in [-0.15, -0.1) is 0 Å². The van der Waals surface area contributed by atoms with Crippen molar-refractivity contribution in [2.45, 2.75) is 20.4 Å². The van der Waals surface area contributed by atoms with Gasteiger partial charge >= 0.3 is 0 Å². The van der Waals surface area contributed by atoms with Gasteiger partial charge in [-0.3, -0.25) is 4.68 Å². The van der Waals surface area contributed by atoms with E-state index in [9.17, 15) is 0 Å². The summed E-state index contributed by atoms with van der Waals surface area (Å²) in [5.41, 5.74) is 9.47. The zero-order chi connectivity index (χ0) is 11.7. The van der Waals surface area contributed by atoms with E-state index >= 15 is 0 Å². The molecule has 2 rings (SSSR count). The monoisotopic (exact) mass is 217 g/mol. The van der Waals surface area contributed by atoms with E-state index in [0.717, 1.165) is 22.5 Å². The Morgan fingerprint density at radius 1 is 1.25 bits per heavy atom. The van der Waals surface area contributed by atoms with Crippen molar-refractivity contribution in [2.24, 2.45) is 12.8 Å². The Balaban J connectivity index is 2.52. The zero-order valence-corrected chi connectivity index (χ0v) is 9.73. The minimum atomic E-state index is 0.477. The summed E-state index contributed by atoms with van der Waals surface area (Å²) in [5.74, 6) is 0.709. The van der Waals surface area contributed by atoms with Crippen LogP contribution >= 0.6 is 0 Å². The van der Waals surface area contributed by atoms with Gasteiger partial charge in [-0.25, -0.2) is 9.97 Å². The third-order valence-corrected chi connectivity index (χ3v) is 2.59. The van der Waals surface area contributed by atoms with Crippen molar-refractivity contribution in [3.63, 3.8) is 0 Å². The van der Waals surface area contributed by atoms with Gasteiger partial charge in [-0.05, 0) is 13.8 Å². The van der Waals surface area contributed by atoms with E-state index < -0.39 is 0 Å². The van der Waals surface area contributed by atoms with Crippen LogP contribution in [0.4, 0.5) is 0 Å². The largest absolute Gasteiger partial charge is 0.326 e. The van der Waals surface area contributed by atoms with Gasteiger partial charge in [-0.2, -0.15) is 5.10 Å². The van der Waals surface area contributed by atoms with Crippen LogP contribution in [0.1, 0.15) is 17.0 Å². The average Bonchev–Trinajstić information content (AvgIpc) is 2.64. The van der Waals surface area contributed by atoms with Crippen LogP contribution in [0, 0.1) is 13.8 Å². The van der Waals surface area contributed by atoms with Gasteiger partial charge in [0.15, 0.2) is 5.82 Å². The van der Waals surface area contributed by atoms with E-state index in [4.69, 9.17) is 5.73 Å². The van der Waals surface area contributed by atoms with Crippen molar-refractivity contribution >= 4 is 0 Å². The van der Waals surface area contributed by atoms with Crippen molar-refractivity contribution in [3.8, 4) is 11.4 Å². The first-order valence-electron chi connectivity index (χ1n) is 5.15. The Hall–Kier alpha value is -1.75. The summed E-state index contributed by atoms with van der Waals surface area (Å²) in [6.07, 6.45) is 3.66. The highest BCUT2D eigenvalue weighted by Gasteiger charge is 2.09. The molecule has 0 spiro atoms. The van der Waals surface area contributed by atoms with E-state index in [1.165, 1.54) is 0 Å². The first-order chi connectivity index (χ1) is 7.61. The van der Waals surface area contributed by atoms with Crippen LogP contribution in [0.5, 0.6) is 0 Å². The van der Waals surface area contributed by atoms with E-state index in [-0.39, 0.29) is 0 Å². The quantitative estimate of drug-likeness (QED) is 0.813. The molecule has 0 saturated heterocycles. The van der Waals surface area contributed by atoms with Gasteiger partial charge < -0.3 is 5.73 Å². The van der Waals surface area contributed by atoms with Gasteiger partial charge in [0, 0.05) is 36.7 Å². The second-order valence-corrected chi connectivity index (χ2v) is 3.80. The minimum absolute atomic E-state index is 0.477. The van der Waals surface area contributed by atoms with E-state index in [0.29, 0.717) is 12.4 Å². The smallest absolute Gasteiger partial charge is 0.162 e. The lowest BCUT2D eigenvalue weighted by molar-refractivity contribution is 0.768. The van der Waals surface area contributed by atoms with Crippen LogP contribution in [-0.2, 0) is 13.6 Å². The fraction of sp³-hybridized carbons (Fsp3) is 0.364. The minimum Gasteiger partial charge on any atom is -0.326 e. The molecule has 16 heavy (non-hydrogen) atoms. The SMILES string of the molecule is Cc1nc(-c2cnn(C)c2)nc(C)c1CN. The number of aromatic nitrogens is 4. The molecule has 2 aromatic heterocycles. The van der Waals surface area contributed by atoms with Gasteiger partial charge in [0.25, 0.3) is 0 Å². The van der Waals surface area contributed by atoms with Crippen LogP contribution in [0.3, 0.4) is 0 Å². The highest BCUT2D eigenvalue weighted by atomic mass is 15.2. The average molecular weight is 217 g/mol. The van der Waals surface area contributed by atoms with Gasteiger partial charge in [0.2, 0.25) is 0 Å². The third-order valence-electron chi connectivity index (χ3n) is 2.59. The molecule has 0 aliphatic carbocycles. The van der Waals surface area contributed by atoms with Crippen LogP contribution in [0.25, 0.3) is 11.4 Å². The van der Waals surface area contributed by atoms with Gasteiger partial charge in [0.05, 0.1) is 11.8 Å². The fourth-order valence-electron chi connectivity index (χ4n) is 1.70. The molecule has 0 fully saturated rings. The highest BCUT2D eigenvalue weighted by Crippen LogP contribution is 2.17. The summed E-state index contributed by atoms with van der Waals surface area (Å²) >= 11 is 0. The zero-order valence-electron chi connectivity index (χ0n) is 9.73. The number of hydrogen-bond donors (Lipinski definition) is 1. The molecule has 2 N–H and O–H groups in total. The van der Waals surface area contributed by atoms with E-state index in [1.54, 1.807) is 10.9 Å². The number of hydrogen-bond acceptors (Lipinski definition) is 4. The topological polar surface area (TPSA) is 69.6 Å². The number of aryl methyl sites for hydroxylation is 3. The molecule has 0 radical (unpaired) electrons. The van der Waals surface area contributed by atoms with Crippen LogP contribution in [-0.4, -0.2) is 19.7 Å². The molecule has 84 valence electrons. The molecule has 5 heteroatoms. The lowest BCUT2D eigenvalue weighted by Crippen LogP contribution is -2.07. The Kier molecular flexibility index (Phi) is 2.70. The molecule has 5 nitrogen and oxygen atoms in total.